The Labute approximate surface area is 542 Å². The summed E-state index contributed by atoms with van der Waals surface area (Å²) in [5, 5.41) is 48.6. The van der Waals surface area contributed by atoms with Crippen LogP contribution in [0.1, 0.15) is 125 Å². The Bertz CT molecular complexity index is 3900. The van der Waals surface area contributed by atoms with Gasteiger partial charge >= 0.3 is 5.97 Å². The van der Waals surface area contributed by atoms with E-state index in [9.17, 15) is 20.1 Å². The Balaban J connectivity index is 1.05. The van der Waals surface area contributed by atoms with E-state index in [-0.39, 0.29) is 78.2 Å². The van der Waals surface area contributed by atoms with Gasteiger partial charge in [-0.25, -0.2) is 0 Å². The normalized spacial score (nSPS) is 31.4. The highest BCUT2D eigenvalue weighted by Crippen LogP contribution is 2.64. The van der Waals surface area contributed by atoms with Gasteiger partial charge in [0.2, 0.25) is 0 Å². The Hall–Kier alpha value is -6.79. The second kappa shape index (κ2) is 25.3. The first-order valence-electron chi connectivity index (χ1n) is 33.0. The van der Waals surface area contributed by atoms with Crippen LogP contribution in [0.4, 0.5) is 0 Å². The first kappa shape index (κ1) is 60.5. The molecule has 4 aliphatic carbocycles. The lowest BCUT2D eigenvalue weighted by Crippen LogP contribution is -2.52. The number of dihydropyridines is 1. The van der Waals surface area contributed by atoms with Crippen molar-refractivity contribution in [2.75, 3.05) is 46.3 Å². The van der Waals surface area contributed by atoms with E-state index in [4.69, 9.17) is 29.4 Å². The van der Waals surface area contributed by atoms with Gasteiger partial charge in [-0.2, -0.15) is 0 Å². The molecule has 2 saturated carbocycles. The number of allylic oxidation sites excluding steroid dienone is 3. The van der Waals surface area contributed by atoms with Gasteiger partial charge in [-0.15, -0.1) is 0 Å². The highest BCUT2D eigenvalue weighted by molar-refractivity contribution is 8.77. The summed E-state index contributed by atoms with van der Waals surface area (Å²) in [4.78, 5) is 13.5. The number of aliphatic hydroxyl groups excluding tert-OH is 1. The van der Waals surface area contributed by atoms with Crippen molar-refractivity contribution in [2.45, 2.75) is 137 Å². The van der Waals surface area contributed by atoms with Gasteiger partial charge in [0, 0.05) is 108 Å². The fraction of sp³-hybridized carbons (Fsp3) is 0.461. The molecule has 91 heavy (non-hydrogen) atoms. The molecule has 0 radical (unpaired) electrons. The van der Waals surface area contributed by atoms with Gasteiger partial charge in [0.05, 0.1) is 42.8 Å². The summed E-state index contributed by atoms with van der Waals surface area (Å²) >= 11 is 0. The maximum atomic E-state index is 13.9. The number of aliphatic hydroxyl groups is 1. The Morgan fingerprint density at radius 1 is 0.912 bits per heavy atom. The molecule has 15 heteroatoms. The standard InChI is InChI=1S/C76H82N4O9S2/c1-42(82)87-40-61-55-18-19-56-67-50(32-53(83)33-64(67)86-3)35-76-26-25-49(34-76)58-30-45-12-7-11-44(27-45)28-48-16-15-47(17-22-62-54(58)21-24-66(77)80-62)68-59(37-78-36-51(38-81)60(48)39-85-2)71(84)74-57(69(68)72(61)88-73(55)70(56)76)20-23-63-75(89-74)65(31-43-9-5-4-6-10-43)91-90-41-46-13-8-14-52(29-46)79-63/h4-7,9-12,18-21,23-24,27,32-33,46-49,51-52,58,60-61,63,65-66,72,75,78-81,83-84H,8,13-14,25-26,28-31,34-41,77H2,1-3H3/t46-,47+,48+,49-,51+,52+,58+,60-,61-,63-,65-,66?,72-,75+,76-/m0/s1. The van der Waals surface area contributed by atoms with Crippen LogP contribution < -0.4 is 35.9 Å². The lowest BCUT2D eigenvalue weighted by Gasteiger charge is -2.40. The second-order valence-electron chi connectivity index (χ2n) is 27.4. The zero-order chi connectivity index (χ0) is 62.1. The smallest absolute Gasteiger partial charge is 0.302 e. The third-order valence-electron chi connectivity index (χ3n) is 21.8. The van der Waals surface area contributed by atoms with Gasteiger partial charge in [-0.3, -0.25) is 4.79 Å². The van der Waals surface area contributed by atoms with E-state index >= 15 is 0 Å². The number of benzene rings is 5. The molecule has 6 heterocycles. The van der Waals surface area contributed by atoms with Crippen molar-refractivity contribution >= 4 is 33.6 Å². The molecule has 3 fully saturated rings. The lowest BCUT2D eigenvalue weighted by molar-refractivity contribution is -0.141. The number of hydrogen-bond acceptors (Lipinski definition) is 15. The Kier molecular flexibility index (Phi) is 16.8. The number of nitrogens with one attached hydrogen (secondary N) is 3. The summed E-state index contributed by atoms with van der Waals surface area (Å²) in [6.45, 7) is 2.25. The number of carbonyl (C=O) groups excluding carboxylic acids is 1. The van der Waals surface area contributed by atoms with Crippen LogP contribution in [-0.4, -0.2) is 97.2 Å². The summed E-state index contributed by atoms with van der Waals surface area (Å²) in [6.07, 6.45) is 16.7. The van der Waals surface area contributed by atoms with Gasteiger partial charge in [0.15, 0.2) is 11.5 Å². The van der Waals surface area contributed by atoms with Crippen LogP contribution in [0.5, 0.6) is 28.7 Å². The van der Waals surface area contributed by atoms with Crippen molar-refractivity contribution in [3.05, 3.63) is 164 Å². The van der Waals surface area contributed by atoms with E-state index in [1.54, 1.807) is 20.3 Å². The van der Waals surface area contributed by atoms with Crippen LogP contribution in [0.25, 0.3) is 17.2 Å². The molecular weight excluding hydrogens is 1180 g/mol. The van der Waals surface area contributed by atoms with Crippen molar-refractivity contribution in [3.63, 3.8) is 0 Å². The Morgan fingerprint density at radius 3 is 2.62 bits per heavy atom. The Morgan fingerprint density at radius 2 is 1.78 bits per heavy atom. The first-order valence-corrected chi connectivity index (χ1v) is 35.4. The number of phenols is 2. The van der Waals surface area contributed by atoms with Gasteiger partial charge in [-0.05, 0) is 139 Å². The molecule has 5 aromatic rings. The van der Waals surface area contributed by atoms with E-state index in [0.717, 1.165) is 113 Å². The summed E-state index contributed by atoms with van der Waals surface area (Å²) in [7, 11) is 7.24. The van der Waals surface area contributed by atoms with Crippen LogP contribution in [0.2, 0.25) is 0 Å². The van der Waals surface area contributed by atoms with E-state index in [1.807, 2.05) is 27.7 Å². The van der Waals surface area contributed by atoms with Crippen molar-refractivity contribution in [1.82, 2.24) is 16.0 Å². The van der Waals surface area contributed by atoms with E-state index in [1.165, 1.54) is 24.5 Å². The number of aromatic hydroxyl groups is 2. The first-order chi connectivity index (χ1) is 44.4. The molecule has 1 unspecified atom stereocenters. The second-order valence-corrected chi connectivity index (χ2v) is 30.0. The van der Waals surface area contributed by atoms with E-state index in [0.29, 0.717) is 60.1 Å². The maximum absolute atomic E-state index is 13.9. The minimum atomic E-state index is -0.871. The van der Waals surface area contributed by atoms with Crippen LogP contribution in [0.3, 0.4) is 0 Å². The van der Waals surface area contributed by atoms with Gasteiger partial charge in [0.25, 0.3) is 0 Å². The highest BCUT2D eigenvalue weighted by Gasteiger charge is 2.54. The molecular formula is C76H82N4O9S2. The van der Waals surface area contributed by atoms with Gasteiger partial charge in [0.1, 0.15) is 42.0 Å². The molecule has 13 nitrogen and oxygen atoms in total. The fourth-order valence-corrected chi connectivity index (χ4v) is 20.9. The number of ether oxygens (including phenoxy) is 5. The SMILES string of the molecule is COC[C@@H]1[C@@H](CO)CNCc2c(O)c3c(c4c2[C@H]2C#CC5=C(C=CC(N)N5)[C@H](Cc5cccc(c5)C[C@H]1C#C2)[C@H]1CC[C@@]2(Cc5cc(O)cc(OC)c5-c5ccc6c(c52)O[C@H]4[C@H]6COC(C)=O)C1)C=C[C@@H]1N[C@@H]2CCC[C@H](CSS[C@@H](Cc4ccccc4)[C@@H]1O3)C2. The zero-order valence-corrected chi connectivity index (χ0v) is 53.7. The number of carbonyl (C=O) groups is 1. The highest BCUT2D eigenvalue weighted by atomic mass is 33.1. The largest absolute Gasteiger partial charge is 0.508 e. The summed E-state index contributed by atoms with van der Waals surface area (Å²) in [5.41, 5.74) is 19.5. The number of hydrogen-bond donors (Lipinski definition) is 7. The molecule has 15 atom stereocenters. The third-order valence-corrected chi connectivity index (χ3v) is 24.8. The molecule has 15 rings (SSSR count). The summed E-state index contributed by atoms with van der Waals surface area (Å²) in [5.74, 6) is 16.4. The summed E-state index contributed by atoms with van der Waals surface area (Å²) < 4.78 is 34.6. The third kappa shape index (κ3) is 11.3. The number of phenolic OH excluding ortho intramolecular Hbond substituents is 2. The number of rotatable bonds is 8. The van der Waals surface area contributed by atoms with Crippen molar-refractivity contribution < 1.29 is 43.8 Å². The number of fused-ring (bicyclic) bond motifs is 14. The molecule has 6 aliphatic heterocycles. The number of nitrogens with two attached hydrogens (primary N) is 1. The molecule has 0 amide bonds. The van der Waals surface area contributed by atoms with Gasteiger partial charge in [-0.1, -0.05) is 131 Å². The van der Waals surface area contributed by atoms with Gasteiger partial charge < -0.3 is 60.7 Å². The van der Waals surface area contributed by atoms with Crippen molar-refractivity contribution in [2.24, 2.45) is 41.2 Å². The molecule has 8 N–H and O–H groups in total. The topological polar surface area (TPSA) is 186 Å². The molecule has 472 valence electrons. The van der Waals surface area contributed by atoms with E-state index < -0.39 is 41.6 Å². The molecule has 1 saturated heterocycles. The molecule has 11 bridgehead atoms. The van der Waals surface area contributed by atoms with Crippen LogP contribution >= 0.6 is 21.6 Å². The molecule has 10 aliphatic rings. The minimum Gasteiger partial charge on any atom is -0.508 e. The monoisotopic (exact) mass is 1260 g/mol. The van der Waals surface area contributed by atoms with Crippen LogP contribution in [0.15, 0.2) is 108 Å². The average molecular weight is 1260 g/mol. The van der Waals surface area contributed by atoms with Crippen molar-refractivity contribution in [1.29, 1.82) is 0 Å². The van der Waals surface area contributed by atoms with Crippen molar-refractivity contribution in [3.8, 4) is 63.6 Å². The summed E-state index contributed by atoms with van der Waals surface area (Å²) in [6, 6.07) is 27.7. The predicted octanol–water partition coefficient (Wildman–Crippen LogP) is 11.3. The predicted molar refractivity (Wildman–Crippen MR) is 358 cm³/mol. The quantitative estimate of drug-likeness (QED) is 0.0442. The zero-order valence-electron chi connectivity index (χ0n) is 52.1. The molecule has 1 spiro atoms. The lowest BCUT2D eigenvalue weighted by atomic mass is 9.64. The minimum absolute atomic E-state index is 0.00369. The van der Waals surface area contributed by atoms with Crippen LogP contribution in [0, 0.1) is 59.2 Å². The van der Waals surface area contributed by atoms with E-state index in [2.05, 4.69) is 131 Å². The molecule has 0 aromatic heterocycles. The number of esters is 1. The maximum Gasteiger partial charge on any atom is 0.302 e. The number of methoxy groups -OCH3 is 2. The van der Waals surface area contributed by atoms with Crippen LogP contribution in [-0.2, 0) is 51.9 Å². The molecule has 5 aromatic carbocycles. The fourth-order valence-electron chi connectivity index (χ4n) is 17.7. The average Bonchev–Trinajstić information content (AvgIpc) is 1.62.